The lowest BCUT2D eigenvalue weighted by atomic mass is 10.1. The van der Waals surface area contributed by atoms with Gasteiger partial charge in [0.1, 0.15) is 5.75 Å². The number of hydrogen-bond donors (Lipinski definition) is 1. The van der Waals surface area contributed by atoms with Crippen molar-refractivity contribution in [3.05, 3.63) is 59.7 Å². The van der Waals surface area contributed by atoms with Crippen LogP contribution in [0.3, 0.4) is 0 Å². The summed E-state index contributed by atoms with van der Waals surface area (Å²) in [7, 11) is 1.64. The van der Waals surface area contributed by atoms with E-state index < -0.39 is 0 Å². The Balaban J connectivity index is 1.92. The molecule has 122 valence electrons. The summed E-state index contributed by atoms with van der Waals surface area (Å²) in [6.45, 7) is 5.99. The molecule has 0 saturated heterocycles. The van der Waals surface area contributed by atoms with Crippen LogP contribution in [0.1, 0.15) is 31.0 Å². The summed E-state index contributed by atoms with van der Waals surface area (Å²) in [4.78, 5) is 13.4. The van der Waals surface area contributed by atoms with Gasteiger partial charge in [0.15, 0.2) is 0 Å². The number of carbonyl (C=O) groups is 1. The van der Waals surface area contributed by atoms with Crippen LogP contribution in [0.2, 0.25) is 0 Å². The first-order chi connectivity index (χ1) is 11.0. The van der Waals surface area contributed by atoms with Crippen molar-refractivity contribution in [1.29, 1.82) is 0 Å². The van der Waals surface area contributed by atoms with E-state index in [-0.39, 0.29) is 17.2 Å². The summed E-state index contributed by atoms with van der Waals surface area (Å²) in [5.41, 5.74) is 2.33. The summed E-state index contributed by atoms with van der Waals surface area (Å²) >= 11 is 1.54. The number of nitrogens with one attached hydrogen (secondary N) is 1. The number of thioether (sulfide) groups is 1. The number of carbonyl (C=O) groups excluding carboxylic acids is 1. The van der Waals surface area contributed by atoms with E-state index in [4.69, 9.17) is 4.74 Å². The van der Waals surface area contributed by atoms with Crippen LogP contribution in [-0.2, 0) is 4.79 Å². The van der Waals surface area contributed by atoms with Gasteiger partial charge in [-0.15, -0.1) is 11.8 Å². The van der Waals surface area contributed by atoms with Gasteiger partial charge in [0.25, 0.3) is 0 Å². The van der Waals surface area contributed by atoms with E-state index >= 15 is 0 Å². The summed E-state index contributed by atoms with van der Waals surface area (Å²) in [5.74, 6) is 0.860. The average Bonchev–Trinajstić information content (AvgIpc) is 2.56. The highest BCUT2D eigenvalue weighted by Gasteiger charge is 2.17. The fraction of sp³-hybridized carbons (Fsp3) is 0.316. The highest BCUT2D eigenvalue weighted by molar-refractivity contribution is 8.00. The minimum absolute atomic E-state index is 0.00187. The van der Waals surface area contributed by atoms with Gasteiger partial charge in [0, 0.05) is 4.90 Å². The minimum atomic E-state index is -0.156. The monoisotopic (exact) mass is 329 g/mol. The standard InChI is InChI=1S/C19H23NO2S/c1-13-5-7-16(8-6-13)14(2)20-19(21)15(3)23-18-11-9-17(22-4)10-12-18/h5-12,14-15H,1-4H3,(H,20,21)/t14-,15-/m0/s1. The maximum absolute atomic E-state index is 12.4. The van der Waals surface area contributed by atoms with Crippen LogP contribution >= 0.6 is 11.8 Å². The number of aryl methyl sites for hydroxylation is 1. The first-order valence-electron chi connectivity index (χ1n) is 7.67. The van der Waals surface area contributed by atoms with Crippen molar-refractivity contribution in [3.63, 3.8) is 0 Å². The Morgan fingerprint density at radius 1 is 1.04 bits per heavy atom. The van der Waals surface area contributed by atoms with Crippen LogP contribution in [0.25, 0.3) is 0 Å². The van der Waals surface area contributed by atoms with Crippen LogP contribution in [0.4, 0.5) is 0 Å². The third-order valence-electron chi connectivity index (χ3n) is 3.68. The normalized spacial score (nSPS) is 13.2. The van der Waals surface area contributed by atoms with Gasteiger partial charge in [-0.25, -0.2) is 0 Å². The lowest BCUT2D eigenvalue weighted by Gasteiger charge is -2.18. The Hall–Kier alpha value is -1.94. The number of amides is 1. The maximum Gasteiger partial charge on any atom is 0.233 e. The number of methoxy groups -OCH3 is 1. The van der Waals surface area contributed by atoms with E-state index in [0.29, 0.717) is 0 Å². The van der Waals surface area contributed by atoms with Crippen molar-refractivity contribution in [2.45, 2.75) is 37.0 Å². The van der Waals surface area contributed by atoms with E-state index in [9.17, 15) is 4.79 Å². The molecule has 0 fully saturated rings. The average molecular weight is 329 g/mol. The van der Waals surface area contributed by atoms with Gasteiger partial charge in [-0.05, 0) is 50.6 Å². The van der Waals surface area contributed by atoms with Crippen LogP contribution in [0, 0.1) is 6.92 Å². The number of rotatable bonds is 6. The molecule has 2 atom stereocenters. The van der Waals surface area contributed by atoms with Gasteiger partial charge in [-0.1, -0.05) is 29.8 Å². The second-order valence-electron chi connectivity index (χ2n) is 5.58. The Labute approximate surface area is 142 Å². The van der Waals surface area contributed by atoms with Gasteiger partial charge >= 0.3 is 0 Å². The molecule has 0 aromatic heterocycles. The van der Waals surface area contributed by atoms with Gasteiger partial charge < -0.3 is 10.1 Å². The van der Waals surface area contributed by atoms with Crippen molar-refractivity contribution in [2.24, 2.45) is 0 Å². The lowest BCUT2D eigenvalue weighted by molar-refractivity contribution is -0.120. The van der Waals surface area contributed by atoms with Crippen LogP contribution in [-0.4, -0.2) is 18.3 Å². The van der Waals surface area contributed by atoms with Crippen LogP contribution in [0.15, 0.2) is 53.4 Å². The summed E-state index contributed by atoms with van der Waals surface area (Å²) in [5, 5.41) is 2.92. The van der Waals surface area contributed by atoms with Crippen molar-refractivity contribution < 1.29 is 9.53 Å². The van der Waals surface area contributed by atoms with Gasteiger partial charge in [0.2, 0.25) is 5.91 Å². The zero-order valence-electron chi connectivity index (χ0n) is 14.0. The van der Waals surface area contributed by atoms with E-state index in [1.165, 1.54) is 5.56 Å². The largest absolute Gasteiger partial charge is 0.497 e. The molecule has 2 aromatic carbocycles. The van der Waals surface area contributed by atoms with Gasteiger partial charge in [0.05, 0.1) is 18.4 Å². The highest BCUT2D eigenvalue weighted by Crippen LogP contribution is 2.26. The van der Waals surface area contributed by atoms with Crippen molar-refractivity contribution in [2.75, 3.05) is 7.11 Å². The molecule has 3 nitrogen and oxygen atoms in total. The lowest BCUT2D eigenvalue weighted by Crippen LogP contribution is -2.33. The molecule has 0 spiro atoms. The first kappa shape index (κ1) is 17.4. The predicted octanol–water partition coefficient (Wildman–Crippen LogP) is 4.36. The van der Waals surface area contributed by atoms with Crippen molar-refractivity contribution >= 4 is 17.7 Å². The number of hydrogen-bond acceptors (Lipinski definition) is 3. The smallest absolute Gasteiger partial charge is 0.233 e. The van der Waals surface area contributed by atoms with Gasteiger partial charge in [-0.2, -0.15) is 0 Å². The molecule has 4 heteroatoms. The topological polar surface area (TPSA) is 38.3 Å². The highest BCUT2D eigenvalue weighted by atomic mass is 32.2. The molecule has 0 saturated carbocycles. The van der Waals surface area contributed by atoms with E-state index in [2.05, 4.69) is 36.5 Å². The Morgan fingerprint density at radius 3 is 2.22 bits per heavy atom. The molecule has 2 rings (SSSR count). The summed E-state index contributed by atoms with van der Waals surface area (Å²) in [6.07, 6.45) is 0. The van der Waals surface area contributed by atoms with Gasteiger partial charge in [-0.3, -0.25) is 4.79 Å². The molecule has 0 unspecified atom stereocenters. The summed E-state index contributed by atoms with van der Waals surface area (Å²) in [6, 6.07) is 16.0. The molecule has 0 aliphatic rings. The minimum Gasteiger partial charge on any atom is -0.497 e. The number of benzene rings is 2. The third kappa shape index (κ3) is 5.03. The molecule has 2 aromatic rings. The second-order valence-corrected chi connectivity index (χ2v) is 6.99. The molecule has 23 heavy (non-hydrogen) atoms. The van der Waals surface area contributed by atoms with E-state index in [0.717, 1.165) is 16.2 Å². The maximum atomic E-state index is 12.4. The third-order valence-corrected chi connectivity index (χ3v) is 4.79. The molecule has 0 aliphatic heterocycles. The Morgan fingerprint density at radius 2 is 1.65 bits per heavy atom. The van der Waals surface area contributed by atoms with Crippen molar-refractivity contribution in [3.8, 4) is 5.75 Å². The zero-order valence-corrected chi connectivity index (χ0v) is 14.8. The molecule has 0 heterocycles. The fourth-order valence-electron chi connectivity index (χ4n) is 2.18. The molecule has 0 bridgehead atoms. The fourth-order valence-corrected chi connectivity index (χ4v) is 3.06. The number of ether oxygens (including phenoxy) is 1. The quantitative estimate of drug-likeness (QED) is 0.800. The predicted molar refractivity (Wildman–Crippen MR) is 96.0 cm³/mol. The van der Waals surface area contributed by atoms with Crippen molar-refractivity contribution in [1.82, 2.24) is 5.32 Å². The molecular formula is C19H23NO2S. The summed E-state index contributed by atoms with van der Waals surface area (Å²) < 4.78 is 5.14. The Bertz CT molecular complexity index is 637. The van der Waals surface area contributed by atoms with E-state index in [1.807, 2.05) is 38.1 Å². The van der Waals surface area contributed by atoms with Crippen LogP contribution < -0.4 is 10.1 Å². The van der Waals surface area contributed by atoms with Crippen LogP contribution in [0.5, 0.6) is 5.75 Å². The Kier molecular flexibility index (Phi) is 6.11. The molecule has 1 amide bonds. The molecule has 0 radical (unpaired) electrons. The molecular weight excluding hydrogens is 306 g/mol. The first-order valence-corrected chi connectivity index (χ1v) is 8.55. The second kappa shape index (κ2) is 8.06. The van der Waals surface area contributed by atoms with E-state index in [1.54, 1.807) is 18.9 Å². The SMILES string of the molecule is COc1ccc(S[C@@H](C)C(=O)N[C@@H](C)c2ccc(C)cc2)cc1. The molecule has 0 aliphatic carbocycles. The molecule has 1 N–H and O–H groups in total. The zero-order chi connectivity index (χ0) is 16.8.